The first-order valence-corrected chi connectivity index (χ1v) is 9.18. The summed E-state index contributed by atoms with van der Waals surface area (Å²) in [7, 11) is -2.45. The van der Waals surface area contributed by atoms with E-state index in [1.807, 2.05) is 0 Å². The Kier molecular flexibility index (Phi) is 4.97. The van der Waals surface area contributed by atoms with Gasteiger partial charge in [-0.25, -0.2) is 22.2 Å². The van der Waals surface area contributed by atoms with Gasteiger partial charge in [0.2, 0.25) is 10.0 Å². The molecule has 140 valence electrons. The zero-order valence-electron chi connectivity index (χ0n) is 14.3. The van der Waals surface area contributed by atoms with E-state index in [4.69, 9.17) is 0 Å². The number of nitrogens with zero attached hydrogens (tertiary/aromatic N) is 4. The van der Waals surface area contributed by atoms with Crippen molar-refractivity contribution in [3.05, 3.63) is 59.7 Å². The van der Waals surface area contributed by atoms with Crippen LogP contribution in [0.2, 0.25) is 0 Å². The lowest BCUT2D eigenvalue weighted by molar-refractivity contribution is 0.102. The molecule has 0 aliphatic rings. The molecule has 0 unspecified atom stereocenters. The van der Waals surface area contributed by atoms with E-state index in [1.54, 1.807) is 6.92 Å². The van der Waals surface area contributed by atoms with Crippen LogP contribution < -0.4 is 10.0 Å². The quantitative estimate of drug-likeness (QED) is 0.677. The number of rotatable bonds is 5. The minimum atomic E-state index is -3.72. The summed E-state index contributed by atoms with van der Waals surface area (Å²) >= 11 is 0. The van der Waals surface area contributed by atoms with Gasteiger partial charge in [-0.2, -0.15) is 0 Å². The van der Waals surface area contributed by atoms with Crippen LogP contribution in [0.4, 0.5) is 10.1 Å². The highest BCUT2D eigenvalue weighted by atomic mass is 32.2. The number of carbonyl (C=O) groups is 1. The van der Waals surface area contributed by atoms with Crippen LogP contribution in [0.1, 0.15) is 15.9 Å². The Labute approximate surface area is 154 Å². The Balaban J connectivity index is 1.94. The van der Waals surface area contributed by atoms with E-state index >= 15 is 0 Å². The third kappa shape index (κ3) is 3.83. The zero-order valence-corrected chi connectivity index (χ0v) is 15.2. The molecule has 0 saturated carbocycles. The second kappa shape index (κ2) is 7.21. The first-order valence-electron chi connectivity index (χ1n) is 7.70. The number of tetrazole rings is 1. The molecule has 0 bridgehead atoms. The lowest BCUT2D eigenvalue weighted by Crippen LogP contribution is -2.20. The molecule has 2 N–H and O–H groups in total. The van der Waals surface area contributed by atoms with Gasteiger partial charge in [-0.1, -0.05) is 6.07 Å². The van der Waals surface area contributed by atoms with Crippen LogP contribution in [-0.4, -0.2) is 41.6 Å². The summed E-state index contributed by atoms with van der Waals surface area (Å²) in [5, 5.41) is 13.2. The standard InChI is InChI=1S/C16H15FN6O3S/c1-10-3-5-12(27(25,26)18-2)8-13(10)16(24)20-15-7-11(4-6-14(15)17)23-9-19-21-22-23/h3-9,18H,1-2H3,(H,20,24). The molecule has 1 amide bonds. The van der Waals surface area contributed by atoms with E-state index in [2.05, 4.69) is 25.6 Å². The van der Waals surface area contributed by atoms with Gasteiger partial charge in [-0.3, -0.25) is 4.79 Å². The van der Waals surface area contributed by atoms with Crippen LogP contribution in [0.5, 0.6) is 0 Å². The van der Waals surface area contributed by atoms with Gasteiger partial charge in [-0.15, -0.1) is 5.10 Å². The predicted molar refractivity (Wildman–Crippen MR) is 94.5 cm³/mol. The van der Waals surface area contributed by atoms with Crippen LogP contribution in [0.25, 0.3) is 5.69 Å². The molecule has 3 aromatic rings. The summed E-state index contributed by atoms with van der Waals surface area (Å²) in [5.74, 6) is -1.30. The van der Waals surface area contributed by atoms with Crippen LogP contribution in [0.15, 0.2) is 47.6 Å². The monoisotopic (exact) mass is 390 g/mol. The largest absolute Gasteiger partial charge is 0.319 e. The Morgan fingerprint density at radius 2 is 1.96 bits per heavy atom. The Morgan fingerprint density at radius 3 is 2.63 bits per heavy atom. The number of nitrogens with one attached hydrogen (secondary N) is 2. The Bertz CT molecular complexity index is 1100. The van der Waals surface area contributed by atoms with Gasteiger partial charge >= 0.3 is 0 Å². The fraction of sp³-hybridized carbons (Fsp3) is 0.125. The van der Waals surface area contributed by atoms with E-state index in [0.29, 0.717) is 11.3 Å². The van der Waals surface area contributed by atoms with Crippen molar-refractivity contribution in [2.24, 2.45) is 0 Å². The summed E-state index contributed by atoms with van der Waals surface area (Å²) in [6.45, 7) is 1.65. The Morgan fingerprint density at radius 1 is 1.19 bits per heavy atom. The van der Waals surface area contributed by atoms with Crippen molar-refractivity contribution in [1.82, 2.24) is 24.9 Å². The van der Waals surface area contributed by atoms with Gasteiger partial charge in [0.25, 0.3) is 5.91 Å². The summed E-state index contributed by atoms with van der Waals surface area (Å²) < 4.78 is 41.5. The minimum Gasteiger partial charge on any atom is -0.319 e. The molecular formula is C16H15FN6O3S. The number of benzene rings is 2. The van der Waals surface area contributed by atoms with Crippen molar-refractivity contribution in [2.75, 3.05) is 12.4 Å². The summed E-state index contributed by atoms with van der Waals surface area (Å²) in [6.07, 6.45) is 1.33. The summed E-state index contributed by atoms with van der Waals surface area (Å²) in [4.78, 5) is 12.5. The number of aryl methyl sites for hydroxylation is 1. The first kappa shape index (κ1) is 18.6. The molecule has 0 aliphatic carbocycles. The molecule has 1 heterocycles. The lowest BCUT2D eigenvalue weighted by Gasteiger charge is -2.11. The first-order chi connectivity index (χ1) is 12.8. The van der Waals surface area contributed by atoms with E-state index < -0.39 is 21.7 Å². The van der Waals surface area contributed by atoms with Gasteiger partial charge in [0.05, 0.1) is 16.3 Å². The van der Waals surface area contributed by atoms with Gasteiger partial charge in [-0.05, 0) is 60.3 Å². The number of hydrogen-bond donors (Lipinski definition) is 2. The molecule has 0 saturated heterocycles. The number of sulfonamides is 1. The highest BCUT2D eigenvalue weighted by molar-refractivity contribution is 7.89. The molecule has 0 aliphatic heterocycles. The van der Waals surface area contributed by atoms with Gasteiger partial charge in [0, 0.05) is 5.56 Å². The minimum absolute atomic E-state index is 0.0661. The maximum atomic E-state index is 14.1. The zero-order chi connectivity index (χ0) is 19.6. The topological polar surface area (TPSA) is 119 Å². The fourth-order valence-electron chi connectivity index (χ4n) is 2.35. The highest BCUT2D eigenvalue weighted by Crippen LogP contribution is 2.21. The average Bonchev–Trinajstić information content (AvgIpc) is 3.18. The van der Waals surface area contributed by atoms with E-state index in [0.717, 1.165) is 0 Å². The maximum absolute atomic E-state index is 14.1. The van der Waals surface area contributed by atoms with Crippen molar-refractivity contribution in [2.45, 2.75) is 11.8 Å². The molecule has 11 heteroatoms. The molecule has 1 aromatic heterocycles. The van der Waals surface area contributed by atoms with Crippen molar-refractivity contribution >= 4 is 21.6 Å². The molecular weight excluding hydrogens is 375 g/mol. The Hall–Kier alpha value is -3.18. The van der Waals surface area contributed by atoms with Gasteiger partial charge < -0.3 is 5.32 Å². The van der Waals surface area contributed by atoms with Crippen molar-refractivity contribution in [3.8, 4) is 5.69 Å². The fourth-order valence-corrected chi connectivity index (χ4v) is 3.11. The third-order valence-electron chi connectivity index (χ3n) is 3.84. The smallest absolute Gasteiger partial charge is 0.256 e. The number of hydrogen-bond acceptors (Lipinski definition) is 6. The third-order valence-corrected chi connectivity index (χ3v) is 5.26. The normalized spacial score (nSPS) is 11.4. The van der Waals surface area contributed by atoms with Crippen LogP contribution in [-0.2, 0) is 10.0 Å². The second-order valence-corrected chi connectivity index (χ2v) is 7.44. The van der Waals surface area contributed by atoms with Gasteiger partial charge in [0.1, 0.15) is 12.1 Å². The molecule has 0 spiro atoms. The maximum Gasteiger partial charge on any atom is 0.256 e. The van der Waals surface area contributed by atoms with Crippen molar-refractivity contribution in [3.63, 3.8) is 0 Å². The predicted octanol–water partition coefficient (Wildman–Crippen LogP) is 1.27. The summed E-state index contributed by atoms with van der Waals surface area (Å²) in [6, 6.07) is 8.12. The van der Waals surface area contributed by atoms with Gasteiger partial charge in [0.15, 0.2) is 0 Å². The lowest BCUT2D eigenvalue weighted by atomic mass is 10.1. The van der Waals surface area contributed by atoms with Crippen LogP contribution in [0.3, 0.4) is 0 Å². The number of anilines is 1. The number of amides is 1. The van der Waals surface area contributed by atoms with Crippen LogP contribution >= 0.6 is 0 Å². The van der Waals surface area contributed by atoms with Crippen LogP contribution in [0, 0.1) is 12.7 Å². The number of aromatic nitrogens is 4. The molecule has 9 nitrogen and oxygen atoms in total. The molecule has 0 radical (unpaired) electrons. The molecule has 3 rings (SSSR count). The number of halogens is 1. The molecule has 0 atom stereocenters. The highest BCUT2D eigenvalue weighted by Gasteiger charge is 2.18. The molecule has 27 heavy (non-hydrogen) atoms. The van der Waals surface area contributed by atoms with Crippen molar-refractivity contribution in [1.29, 1.82) is 0 Å². The van der Waals surface area contributed by atoms with E-state index in [9.17, 15) is 17.6 Å². The van der Waals surface area contributed by atoms with Crippen molar-refractivity contribution < 1.29 is 17.6 Å². The molecule has 0 fully saturated rings. The van der Waals surface area contributed by atoms with E-state index in [-0.39, 0.29) is 16.1 Å². The summed E-state index contributed by atoms with van der Waals surface area (Å²) in [5.41, 5.74) is 1.01. The number of carbonyl (C=O) groups excluding carboxylic acids is 1. The molecule has 2 aromatic carbocycles. The SMILES string of the molecule is CNS(=O)(=O)c1ccc(C)c(C(=O)Nc2cc(-n3cnnn3)ccc2F)c1. The van der Waals surface area contributed by atoms with E-state index in [1.165, 1.54) is 54.5 Å². The average molecular weight is 390 g/mol. The second-order valence-electron chi connectivity index (χ2n) is 5.56.